The number of hydrogen-bond acceptors (Lipinski definition) is 6. The summed E-state index contributed by atoms with van der Waals surface area (Å²) in [6.45, 7) is 2.70. The Balaban J connectivity index is 1.44. The highest BCUT2D eigenvalue weighted by Crippen LogP contribution is 2.37. The minimum atomic E-state index is -0.187. The van der Waals surface area contributed by atoms with Crippen LogP contribution in [0, 0.1) is 5.41 Å². The molecule has 2 N–H and O–H groups in total. The molecule has 2 aliphatic rings. The van der Waals surface area contributed by atoms with Gasteiger partial charge >= 0.3 is 0 Å². The Hall–Kier alpha value is -1.70. The van der Waals surface area contributed by atoms with Crippen molar-refractivity contribution in [3.05, 3.63) is 29.3 Å². The van der Waals surface area contributed by atoms with Crippen LogP contribution in [0.3, 0.4) is 0 Å². The normalized spacial score (nSPS) is 23.3. The number of rotatable bonds is 4. The van der Waals surface area contributed by atoms with E-state index in [1.807, 2.05) is 23.6 Å². The van der Waals surface area contributed by atoms with E-state index in [4.69, 9.17) is 9.26 Å². The van der Waals surface area contributed by atoms with Crippen LogP contribution in [0.25, 0.3) is 10.6 Å². The number of nitrogens with zero attached hydrogens (tertiary/aromatic N) is 1. The highest BCUT2D eigenvalue weighted by molar-refractivity contribution is 7.13. The monoisotopic (exact) mass is 333 g/mol. The predicted octanol–water partition coefficient (Wildman–Crippen LogP) is 1.79. The fourth-order valence-electron chi connectivity index (χ4n) is 3.43. The second kappa shape index (κ2) is 6.07. The van der Waals surface area contributed by atoms with Crippen molar-refractivity contribution in [2.45, 2.75) is 25.4 Å². The zero-order chi connectivity index (χ0) is 15.7. The maximum absolute atomic E-state index is 12.2. The summed E-state index contributed by atoms with van der Waals surface area (Å²) >= 11 is 1.62. The van der Waals surface area contributed by atoms with Gasteiger partial charge in [-0.25, -0.2) is 0 Å². The van der Waals surface area contributed by atoms with E-state index in [1.54, 1.807) is 11.3 Å². The van der Waals surface area contributed by atoms with Crippen LogP contribution in [0.1, 0.15) is 18.5 Å². The molecule has 0 aromatic carbocycles. The molecular weight excluding hydrogens is 314 g/mol. The van der Waals surface area contributed by atoms with Gasteiger partial charge in [-0.1, -0.05) is 11.2 Å². The molecule has 2 aromatic rings. The van der Waals surface area contributed by atoms with E-state index in [-0.39, 0.29) is 17.4 Å². The van der Waals surface area contributed by atoms with E-state index in [0.29, 0.717) is 6.54 Å². The van der Waals surface area contributed by atoms with Crippen LogP contribution < -0.4 is 10.6 Å². The Bertz CT molecular complexity index is 677. The molecule has 4 rings (SSSR count). The summed E-state index contributed by atoms with van der Waals surface area (Å²) in [5.41, 5.74) is 0.783. The molecule has 122 valence electrons. The Morgan fingerprint density at radius 1 is 1.43 bits per heavy atom. The molecule has 0 aliphatic carbocycles. The molecule has 0 radical (unpaired) electrons. The minimum absolute atomic E-state index is 0.0321. The largest absolute Gasteiger partial charge is 0.381 e. The van der Waals surface area contributed by atoms with Crippen LogP contribution in [0.4, 0.5) is 0 Å². The van der Waals surface area contributed by atoms with Gasteiger partial charge in [-0.15, -0.1) is 11.3 Å². The van der Waals surface area contributed by atoms with Crippen LogP contribution in [-0.2, 0) is 16.1 Å². The second-order valence-electron chi connectivity index (χ2n) is 6.17. The third kappa shape index (κ3) is 2.80. The molecule has 4 heterocycles. The molecule has 1 spiro atoms. The van der Waals surface area contributed by atoms with E-state index in [9.17, 15) is 4.79 Å². The maximum Gasteiger partial charge on any atom is 0.237 e. The van der Waals surface area contributed by atoms with Crippen LogP contribution in [0.15, 0.2) is 28.1 Å². The Morgan fingerprint density at radius 2 is 2.30 bits per heavy atom. The molecule has 1 amide bonds. The summed E-state index contributed by atoms with van der Waals surface area (Å²) in [6.07, 6.45) is 1.81. The summed E-state index contributed by atoms with van der Waals surface area (Å²) in [5, 5.41) is 12.5. The summed E-state index contributed by atoms with van der Waals surface area (Å²) in [4.78, 5) is 13.3. The third-order valence-electron chi connectivity index (χ3n) is 4.79. The topological polar surface area (TPSA) is 76.4 Å². The van der Waals surface area contributed by atoms with E-state index >= 15 is 0 Å². The maximum atomic E-state index is 12.2. The lowest BCUT2D eigenvalue weighted by atomic mass is 9.76. The van der Waals surface area contributed by atoms with Gasteiger partial charge in [-0.2, -0.15) is 0 Å². The number of carbonyl (C=O) groups excluding carboxylic acids is 1. The van der Waals surface area contributed by atoms with Gasteiger partial charge in [0.15, 0.2) is 5.76 Å². The van der Waals surface area contributed by atoms with Crippen molar-refractivity contribution >= 4 is 17.2 Å². The van der Waals surface area contributed by atoms with Gasteiger partial charge < -0.3 is 14.6 Å². The number of carbonyl (C=O) groups is 1. The molecule has 0 bridgehead atoms. The standard InChI is InChI=1S/C16H19N3O3S/c20-15-14(16(10-18-15)3-5-21-6-4-16)17-9-11-8-12(22-19-11)13-2-1-7-23-13/h1-2,7-8,14,17H,3-6,9-10H2,(H,18,20). The van der Waals surface area contributed by atoms with Crippen molar-refractivity contribution in [1.29, 1.82) is 0 Å². The average molecular weight is 333 g/mol. The summed E-state index contributed by atoms with van der Waals surface area (Å²) < 4.78 is 10.8. The Kier molecular flexibility index (Phi) is 3.92. The quantitative estimate of drug-likeness (QED) is 0.892. The molecule has 2 aromatic heterocycles. The van der Waals surface area contributed by atoms with E-state index < -0.39 is 0 Å². The molecule has 1 unspecified atom stereocenters. The molecule has 7 heteroatoms. The lowest BCUT2D eigenvalue weighted by molar-refractivity contribution is -0.122. The van der Waals surface area contributed by atoms with Crippen LogP contribution >= 0.6 is 11.3 Å². The third-order valence-corrected chi connectivity index (χ3v) is 5.67. The van der Waals surface area contributed by atoms with Gasteiger partial charge in [0, 0.05) is 37.8 Å². The van der Waals surface area contributed by atoms with Crippen LogP contribution in [-0.4, -0.2) is 36.9 Å². The highest BCUT2D eigenvalue weighted by Gasteiger charge is 2.48. The van der Waals surface area contributed by atoms with Crippen molar-refractivity contribution in [2.75, 3.05) is 19.8 Å². The Labute approximate surface area is 138 Å². The van der Waals surface area contributed by atoms with Crippen molar-refractivity contribution in [3.8, 4) is 10.6 Å². The lowest BCUT2D eigenvalue weighted by Crippen LogP contribution is -2.49. The molecular formula is C16H19N3O3S. The van der Waals surface area contributed by atoms with E-state index in [0.717, 1.165) is 48.9 Å². The fourth-order valence-corrected chi connectivity index (χ4v) is 4.11. The van der Waals surface area contributed by atoms with Crippen molar-refractivity contribution in [3.63, 3.8) is 0 Å². The first-order valence-electron chi connectivity index (χ1n) is 7.85. The van der Waals surface area contributed by atoms with Gasteiger partial charge in [0.1, 0.15) is 0 Å². The molecule has 23 heavy (non-hydrogen) atoms. The van der Waals surface area contributed by atoms with E-state index in [2.05, 4.69) is 15.8 Å². The molecule has 2 aliphatic heterocycles. The summed E-state index contributed by atoms with van der Waals surface area (Å²) in [7, 11) is 0. The smallest absolute Gasteiger partial charge is 0.237 e. The number of hydrogen-bond donors (Lipinski definition) is 2. The molecule has 1 atom stereocenters. The summed E-state index contributed by atoms with van der Waals surface area (Å²) in [5.74, 6) is 0.849. The molecule has 2 saturated heterocycles. The SMILES string of the molecule is O=C1NCC2(CCOCC2)C1NCc1cc(-c2cccs2)on1. The first kappa shape index (κ1) is 14.9. The Morgan fingerprint density at radius 3 is 3.09 bits per heavy atom. The first-order valence-corrected chi connectivity index (χ1v) is 8.73. The van der Waals surface area contributed by atoms with Crippen molar-refractivity contribution in [2.24, 2.45) is 5.41 Å². The van der Waals surface area contributed by atoms with Crippen LogP contribution in [0.2, 0.25) is 0 Å². The molecule has 2 fully saturated rings. The van der Waals surface area contributed by atoms with Crippen LogP contribution in [0.5, 0.6) is 0 Å². The number of thiophene rings is 1. The number of nitrogens with one attached hydrogen (secondary N) is 2. The molecule has 6 nitrogen and oxygen atoms in total. The lowest BCUT2D eigenvalue weighted by Gasteiger charge is -2.36. The number of ether oxygens (including phenoxy) is 1. The predicted molar refractivity (Wildman–Crippen MR) is 85.9 cm³/mol. The average Bonchev–Trinajstić information content (AvgIpc) is 3.29. The van der Waals surface area contributed by atoms with Gasteiger partial charge in [-0.05, 0) is 24.3 Å². The van der Waals surface area contributed by atoms with Gasteiger partial charge in [0.2, 0.25) is 5.91 Å². The second-order valence-corrected chi connectivity index (χ2v) is 7.11. The van der Waals surface area contributed by atoms with Crippen molar-refractivity contribution < 1.29 is 14.1 Å². The number of amides is 1. The highest BCUT2D eigenvalue weighted by atomic mass is 32.1. The van der Waals surface area contributed by atoms with Gasteiger partial charge in [-0.3, -0.25) is 10.1 Å². The van der Waals surface area contributed by atoms with E-state index in [1.165, 1.54) is 0 Å². The summed E-state index contributed by atoms with van der Waals surface area (Å²) in [6, 6.07) is 5.73. The first-order chi connectivity index (χ1) is 11.3. The van der Waals surface area contributed by atoms with Crippen molar-refractivity contribution in [1.82, 2.24) is 15.8 Å². The minimum Gasteiger partial charge on any atom is -0.381 e. The zero-order valence-electron chi connectivity index (χ0n) is 12.7. The fraction of sp³-hybridized carbons (Fsp3) is 0.500. The number of aromatic nitrogens is 1. The molecule has 0 saturated carbocycles. The zero-order valence-corrected chi connectivity index (χ0v) is 13.5. The van der Waals surface area contributed by atoms with Gasteiger partial charge in [0.05, 0.1) is 16.6 Å². The van der Waals surface area contributed by atoms with Gasteiger partial charge in [0.25, 0.3) is 0 Å².